The lowest BCUT2D eigenvalue weighted by Crippen LogP contribution is -2.47. The Balaban J connectivity index is 1.76. The Labute approximate surface area is 177 Å². The van der Waals surface area contributed by atoms with Crippen molar-refractivity contribution in [3.05, 3.63) is 29.3 Å². The molecule has 2 N–H and O–H groups in total. The maximum atomic E-state index is 11.8. The Hall–Kier alpha value is -1.55. The fourth-order valence-electron chi connectivity index (χ4n) is 5.18. The van der Waals surface area contributed by atoms with Gasteiger partial charge >= 0.3 is 0 Å². The van der Waals surface area contributed by atoms with Crippen molar-refractivity contribution >= 4 is 11.6 Å². The van der Waals surface area contributed by atoms with Crippen LogP contribution in [0.1, 0.15) is 88.1 Å². The molecule has 0 spiro atoms. The first-order valence-corrected chi connectivity index (χ1v) is 11.7. The van der Waals surface area contributed by atoms with Gasteiger partial charge in [-0.1, -0.05) is 40.2 Å². The normalized spacial score (nSPS) is 23.9. The molecule has 1 saturated heterocycles. The Kier molecular flexibility index (Phi) is 7.26. The molecule has 0 atom stereocenters. The van der Waals surface area contributed by atoms with Gasteiger partial charge in [0.25, 0.3) is 0 Å². The van der Waals surface area contributed by atoms with Gasteiger partial charge in [0, 0.05) is 37.4 Å². The molecule has 2 aliphatic rings. The number of piperazine rings is 1. The number of anilines is 1. The van der Waals surface area contributed by atoms with Crippen molar-refractivity contribution in [3.8, 4) is 0 Å². The van der Waals surface area contributed by atoms with Crippen LogP contribution < -0.4 is 10.6 Å². The monoisotopic (exact) mass is 399 g/mol. The van der Waals surface area contributed by atoms with Crippen LogP contribution >= 0.6 is 0 Å². The number of nitrogens with two attached hydrogens (primary N) is 1. The van der Waals surface area contributed by atoms with E-state index in [4.69, 9.17) is 5.73 Å². The predicted octanol–water partition coefficient (Wildman–Crippen LogP) is 5.03. The predicted molar refractivity (Wildman–Crippen MR) is 123 cm³/mol. The average molecular weight is 400 g/mol. The third-order valence-corrected chi connectivity index (χ3v) is 7.25. The molecule has 0 radical (unpaired) electrons. The van der Waals surface area contributed by atoms with Crippen LogP contribution in [0.25, 0.3) is 0 Å². The number of primary amides is 1. The summed E-state index contributed by atoms with van der Waals surface area (Å²) in [5.74, 6) is 1.09. The Morgan fingerprint density at radius 3 is 2.28 bits per heavy atom. The lowest BCUT2D eigenvalue weighted by atomic mass is 9.68. The van der Waals surface area contributed by atoms with Crippen molar-refractivity contribution < 1.29 is 4.79 Å². The first kappa shape index (κ1) is 22.1. The Morgan fingerprint density at radius 1 is 1.07 bits per heavy atom. The van der Waals surface area contributed by atoms with Crippen LogP contribution in [0.4, 0.5) is 5.69 Å². The molecule has 1 amide bonds. The third kappa shape index (κ3) is 5.53. The molecule has 4 heteroatoms. The molecule has 1 aromatic carbocycles. The van der Waals surface area contributed by atoms with E-state index < -0.39 is 0 Å². The SMILES string of the molecule is CCCCN1CCN(c2cc(C(N)=O)ccc2C2CCC(C(C)(C)C)CC2)CC1. The fraction of sp³-hybridized carbons (Fsp3) is 0.720. The minimum atomic E-state index is -0.323. The molecule has 4 nitrogen and oxygen atoms in total. The minimum Gasteiger partial charge on any atom is -0.369 e. The molecular formula is C25H41N3O. The van der Waals surface area contributed by atoms with E-state index in [0.717, 1.165) is 32.1 Å². The van der Waals surface area contributed by atoms with Crippen LogP contribution in [0.15, 0.2) is 18.2 Å². The maximum absolute atomic E-state index is 11.8. The number of hydrogen-bond donors (Lipinski definition) is 1. The smallest absolute Gasteiger partial charge is 0.248 e. The van der Waals surface area contributed by atoms with Crippen molar-refractivity contribution in [1.82, 2.24) is 4.90 Å². The summed E-state index contributed by atoms with van der Waals surface area (Å²) in [5, 5.41) is 0. The second kappa shape index (κ2) is 9.51. The summed E-state index contributed by atoms with van der Waals surface area (Å²) >= 11 is 0. The molecule has 1 aliphatic carbocycles. The molecule has 2 fully saturated rings. The summed E-state index contributed by atoms with van der Waals surface area (Å²) in [7, 11) is 0. The zero-order chi connectivity index (χ0) is 21.0. The van der Waals surface area contributed by atoms with Crippen LogP contribution in [-0.2, 0) is 0 Å². The second-order valence-corrected chi connectivity index (χ2v) is 10.2. The van der Waals surface area contributed by atoms with Crippen molar-refractivity contribution in [1.29, 1.82) is 0 Å². The standard InChI is InChI=1S/C25H41N3O/c1-5-6-13-27-14-16-28(17-15-27)23-18-20(24(26)29)9-12-22(23)19-7-10-21(11-8-19)25(2,3)4/h9,12,18-19,21H,5-8,10-11,13-17H2,1-4H3,(H2,26,29). The summed E-state index contributed by atoms with van der Waals surface area (Å²) in [6, 6.07) is 6.20. The van der Waals surface area contributed by atoms with Crippen molar-refractivity contribution in [2.75, 3.05) is 37.6 Å². The van der Waals surface area contributed by atoms with E-state index in [1.54, 1.807) is 0 Å². The topological polar surface area (TPSA) is 49.6 Å². The Morgan fingerprint density at radius 2 is 1.72 bits per heavy atom. The van der Waals surface area contributed by atoms with Crippen LogP contribution in [-0.4, -0.2) is 43.5 Å². The van der Waals surface area contributed by atoms with E-state index in [0.29, 0.717) is 16.9 Å². The first-order chi connectivity index (χ1) is 13.8. The van der Waals surface area contributed by atoms with Gasteiger partial charge in [0.05, 0.1) is 0 Å². The van der Waals surface area contributed by atoms with E-state index in [-0.39, 0.29) is 5.91 Å². The lowest BCUT2D eigenvalue weighted by Gasteiger charge is -2.40. The van der Waals surface area contributed by atoms with E-state index in [2.05, 4.69) is 49.6 Å². The van der Waals surface area contributed by atoms with Gasteiger partial charge in [0.15, 0.2) is 0 Å². The molecular weight excluding hydrogens is 358 g/mol. The minimum absolute atomic E-state index is 0.323. The van der Waals surface area contributed by atoms with Crippen molar-refractivity contribution in [3.63, 3.8) is 0 Å². The highest BCUT2D eigenvalue weighted by Crippen LogP contribution is 2.45. The van der Waals surface area contributed by atoms with Gasteiger partial charge in [-0.25, -0.2) is 0 Å². The molecule has 29 heavy (non-hydrogen) atoms. The van der Waals surface area contributed by atoms with Crippen LogP contribution in [0.3, 0.4) is 0 Å². The van der Waals surface area contributed by atoms with Gasteiger partial charge in [-0.05, 0) is 73.6 Å². The number of rotatable bonds is 6. The fourth-order valence-corrected chi connectivity index (χ4v) is 5.18. The van der Waals surface area contributed by atoms with Gasteiger partial charge < -0.3 is 10.6 Å². The highest BCUT2D eigenvalue weighted by atomic mass is 16.1. The van der Waals surface area contributed by atoms with Gasteiger partial charge in [-0.3, -0.25) is 9.69 Å². The van der Waals surface area contributed by atoms with Crippen LogP contribution in [0.2, 0.25) is 0 Å². The number of carbonyl (C=O) groups is 1. The number of carbonyl (C=O) groups excluding carboxylic acids is 1. The van der Waals surface area contributed by atoms with E-state index in [1.165, 1.54) is 56.3 Å². The largest absolute Gasteiger partial charge is 0.369 e. The number of unbranched alkanes of at least 4 members (excludes halogenated alkanes) is 1. The van der Waals surface area contributed by atoms with E-state index in [9.17, 15) is 4.79 Å². The van der Waals surface area contributed by atoms with E-state index in [1.807, 2.05) is 6.07 Å². The molecule has 1 heterocycles. The first-order valence-electron chi connectivity index (χ1n) is 11.7. The number of amides is 1. The van der Waals surface area contributed by atoms with Gasteiger partial charge in [0.2, 0.25) is 5.91 Å². The molecule has 1 saturated carbocycles. The van der Waals surface area contributed by atoms with Crippen LogP contribution in [0.5, 0.6) is 0 Å². The summed E-state index contributed by atoms with van der Waals surface area (Å²) in [6.45, 7) is 14.9. The summed E-state index contributed by atoms with van der Waals surface area (Å²) in [4.78, 5) is 16.9. The van der Waals surface area contributed by atoms with Gasteiger partial charge in [-0.2, -0.15) is 0 Å². The average Bonchev–Trinajstić information content (AvgIpc) is 2.71. The molecule has 0 unspecified atom stereocenters. The van der Waals surface area contributed by atoms with Crippen LogP contribution in [0, 0.1) is 11.3 Å². The van der Waals surface area contributed by atoms with Gasteiger partial charge in [0.1, 0.15) is 0 Å². The molecule has 162 valence electrons. The highest BCUT2D eigenvalue weighted by molar-refractivity contribution is 5.94. The summed E-state index contributed by atoms with van der Waals surface area (Å²) in [6.07, 6.45) is 7.64. The number of nitrogens with zero attached hydrogens (tertiary/aromatic N) is 2. The number of hydrogen-bond acceptors (Lipinski definition) is 3. The van der Waals surface area contributed by atoms with E-state index >= 15 is 0 Å². The van der Waals surface area contributed by atoms with Crippen molar-refractivity contribution in [2.45, 2.75) is 72.1 Å². The third-order valence-electron chi connectivity index (χ3n) is 7.25. The molecule has 3 rings (SSSR count). The van der Waals surface area contributed by atoms with Gasteiger partial charge in [-0.15, -0.1) is 0 Å². The van der Waals surface area contributed by atoms with Crippen molar-refractivity contribution in [2.24, 2.45) is 17.1 Å². The highest BCUT2D eigenvalue weighted by Gasteiger charge is 2.32. The zero-order valence-corrected chi connectivity index (χ0v) is 19.0. The Bertz CT molecular complexity index is 678. The second-order valence-electron chi connectivity index (χ2n) is 10.2. The molecule has 0 aromatic heterocycles. The quantitative estimate of drug-likeness (QED) is 0.730. The molecule has 1 aliphatic heterocycles. The zero-order valence-electron chi connectivity index (χ0n) is 19.0. The number of benzene rings is 1. The molecule has 0 bridgehead atoms. The maximum Gasteiger partial charge on any atom is 0.248 e. The summed E-state index contributed by atoms with van der Waals surface area (Å²) < 4.78 is 0. The lowest BCUT2D eigenvalue weighted by molar-refractivity contribution is 0.1000. The summed E-state index contributed by atoms with van der Waals surface area (Å²) in [5.41, 5.74) is 9.35. The molecule has 1 aromatic rings.